The summed E-state index contributed by atoms with van der Waals surface area (Å²) in [6.45, 7) is 1.39. The number of fused-ring (bicyclic) bond motifs is 1. The van der Waals surface area contributed by atoms with E-state index < -0.39 is 0 Å². The van der Waals surface area contributed by atoms with Crippen molar-refractivity contribution >= 4 is 0 Å². The number of hydrogen-bond acceptors (Lipinski definition) is 3. The zero-order chi connectivity index (χ0) is 12.1. The molecule has 1 atom stereocenters. The van der Waals surface area contributed by atoms with E-state index in [1.54, 1.807) is 7.11 Å². The molecule has 0 radical (unpaired) electrons. The normalized spacial score (nSPS) is 18.8. The maximum atomic E-state index is 9.92. The molecule has 0 amide bonds. The number of aliphatic hydroxyl groups excluding tert-OH is 1. The lowest BCUT2D eigenvalue weighted by Crippen LogP contribution is -2.11. The van der Waals surface area contributed by atoms with E-state index in [4.69, 9.17) is 9.47 Å². The topological polar surface area (TPSA) is 38.7 Å². The monoisotopic (exact) mass is 236 g/mol. The zero-order valence-electron chi connectivity index (χ0n) is 10.3. The van der Waals surface area contributed by atoms with Crippen molar-refractivity contribution in [2.24, 2.45) is 0 Å². The van der Waals surface area contributed by atoms with Gasteiger partial charge in [-0.1, -0.05) is 12.1 Å². The Balaban J connectivity index is 2.04. The van der Waals surface area contributed by atoms with Crippen molar-refractivity contribution in [2.75, 3.05) is 20.3 Å². The summed E-state index contributed by atoms with van der Waals surface area (Å²) in [6.07, 6.45) is 3.48. The van der Waals surface area contributed by atoms with E-state index >= 15 is 0 Å². The Hall–Kier alpha value is -1.06. The molecule has 0 heterocycles. The van der Waals surface area contributed by atoms with Crippen LogP contribution in [-0.4, -0.2) is 25.4 Å². The predicted octanol–water partition coefficient (Wildman–Crippen LogP) is 2.47. The molecule has 1 aromatic rings. The molecule has 0 saturated carbocycles. The molecule has 3 heteroatoms. The summed E-state index contributed by atoms with van der Waals surface area (Å²) in [7, 11) is 1.70. The summed E-state index contributed by atoms with van der Waals surface area (Å²) >= 11 is 0. The molecule has 1 N–H and O–H groups in total. The highest BCUT2D eigenvalue weighted by atomic mass is 16.5. The van der Waals surface area contributed by atoms with Gasteiger partial charge in [0.1, 0.15) is 5.75 Å². The van der Waals surface area contributed by atoms with Crippen molar-refractivity contribution in [2.45, 2.75) is 31.8 Å². The number of ether oxygens (including phenoxy) is 2. The van der Waals surface area contributed by atoms with Crippen molar-refractivity contribution in [1.29, 1.82) is 0 Å². The molecule has 1 unspecified atom stereocenters. The van der Waals surface area contributed by atoms with E-state index in [0.29, 0.717) is 6.61 Å². The molecule has 0 bridgehead atoms. The Morgan fingerprint density at radius 1 is 1.35 bits per heavy atom. The minimum atomic E-state index is -0.318. The molecule has 1 aliphatic rings. The van der Waals surface area contributed by atoms with E-state index in [2.05, 4.69) is 0 Å². The van der Waals surface area contributed by atoms with Gasteiger partial charge in [-0.3, -0.25) is 0 Å². The van der Waals surface area contributed by atoms with E-state index in [1.807, 2.05) is 18.2 Å². The second-order valence-electron chi connectivity index (χ2n) is 4.43. The summed E-state index contributed by atoms with van der Waals surface area (Å²) in [5.74, 6) is 0.928. The smallest absolute Gasteiger partial charge is 0.122 e. The average molecular weight is 236 g/mol. The molecule has 0 aliphatic heterocycles. The second kappa shape index (κ2) is 6.03. The molecule has 1 aromatic carbocycles. The van der Waals surface area contributed by atoms with Crippen LogP contribution in [0.5, 0.6) is 5.75 Å². The largest absolute Gasteiger partial charge is 0.493 e. The van der Waals surface area contributed by atoms with Gasteiger partial charge in [0.05, 0.1) is 12.7 Å². The summed E-state index contributed by atoms with van der Waals surface area (Å²) in [5, 5.41) is 9.92. The quantitative estimate of drug-likeness (QED) is 0.798. The molecule has 0 fully saturated rings. The predicted molar refractivity (Wildman–Crippen MR) is 66.3 cm³/mol. The molecule has 0 aromatic heterocycles. The van der Waals surface area contributed by atoms with Gasteiger partial charge in [0.25, 0.3) is 0 Å². The van der Waals surface area contributed by atoms with Crippen LogP contribution in [0.3, 0.4) is 0 Å². The Morgan fingerprint density at radius 3 is 3.06 bits per heavy atom. The highest BCUT2D eigenvalue weighted by molar-refractivity contribution is 5.42. The maximum absolute atomic E-state index is 9.92. The fourth-order valence-electron chi connectivity index (χ4n) is 2.31. The van der Waals surface area contributed by atoms with Crippen molar-refractivity contribution in [3.8, 4) is 5.75 Å². The lowest BCUT2D eigenvalue weighted by molar-refractivity contribution is 0.153. The number of benzene rings is 1. The molecule has 0 spiro atoms. The Kier molecular flexibility index (Phi) is 4.40. The molecule has 2 rings (SSSR count). The number of aliphatic hydroxyl groups is 1. The molecular weight excluding hydrogens is 216 g/mol. The SMILES string of the molecule is COCCCOc1cccc2c1CCCC2O. The van der Waals surface area contributed by atoms with Crippen molar-refractivity contribution in [3.63, 3.8) is 0 Å². The summed E-state index contributed by atoms with van der Waals surface area (Å²) in [4.78, 5) is 0. The number of rotatable bonds is 5. The molecule has 17 heavy (non-hydrogen) atoms. The van der Waals surface area contributed by atoms with E-state index in [9.17, 15) is 5.11 Å². The third-order valence-corrected chi connectivity index (χ3v) is 3.18. The van der Waals surface area contributed by atoms with Gasteiger partial charge in [0, 0.05) is 20.1 Å². The van der Waals surface area contributed by atoms with Crippen LogP contribution >= 0.6 is 0 Å². The highest BCUT2D eigenvalue weighted by Gasteiger charge is 2.20. The van der Waals surface area contributed by atoms with Gasteiger partial charge >= 0.3 is 0 Å². The Bertz CT molecular complexity index is 362. The minimum absolute atomic E-state index is 0.318. The van der Waals surface area contributed by atoms with E-state index in [1.165, 1.54) is 5.56 Å². The van der Waals surface area contributed by atoms with Gasteiger partial charge < -0.3 is 14.6 Å². The van der Waals surface area contributed by atoms with Gasteiger partial charge in [-0.05, 0) is 36.5 Å². The first-order valence-electron chi connectivity index (χ1n) is 6.24. The first-order valence-corrected chi connectivity index (χ1v) is 6.24. The van der Waals surface area contributed by atoms with Gasteiger partial charge in [0.15, 0.2) is 0 Å². The van der Waals surface area contributed by atoms with Gasteiger partial charge in [0.2, 0.25) is 0 Å². The fraction of sp³-hybridized carbons (Fsp3) is 0.571. The number of hydrogen-bond donors (Lipinski definition) is 1. The molecule has 0 saturated heterocycles. The van der Waals surface area contributed by atoms with Gasteiger partial charge in [-0.15, -0.1) is 0 Å². The third-order valence-electron chi connectivity index (χ3n) is 3.18. The zero-order valence-corrected chi connectivity index (χ0v) is 10.3. The van der Waals surface area contributed by atoms with E-state index in [0.717, 1.165) is 43.6 Å². The fourth-order valence-corrected chi connectivity index (χ4v) is 2.31. The lowest BCUT2D eigenvalue weighted by Gasteiger charge is -2.23. The van der Waals surface area contributed by atoms with Crippen LogP contribution in [0.2, 0.25) is 0 Å². The molecule has 94 valence electrons. The van der Waals surface area contributed by atoms with Gasteiger partial charge in [-0.2, -0.15) is 0 Å². The Morgan fingerprint density at radius 2 is 2.24 bits per heavy atom. The Labute approximate surface area is 102 Å². The van der Waals surface area contributed by atoms with Crippen LogP contribution in [0.15, 0.2) is 18.2 Å². The lowest BCUT2D eigenvalue weighted by atomic mass is 9.89. The van der Waals surface area contributed by atoms with Crippen LogP contribution < -0.4 is 4.74 Å². The van der Waals surface area contributed by atoms with Crippen LogP contribution in [0.25, 0.3) is 0 Å². The summed E-state index contributed by atoms with van der Waals surface area (Å²) in [6, 6.07) is 5.95. The van der Waals surface area contributed by atoms with Gasteiger partial charge in [-0.25, -0.2) is 0 Å². The summed E-state index contributed by atoms with van der Waals surface area (Å²) < 4.78 is 10.8. The minimum Gasteiger partial charge on any atom is -0.493 e. The molecule has 1 aliphatic carbocycles. The van der Waals surface area contributed by atoms with Crippen LogP contribution in [-0.2, 0) is 11.2 Å². The number of methoxy groups -OCH3 is 1. The van der Waals surface area contributed by atoms with E-state index in [-0.39, 0.29) is 6.10 Å². The first-order chi connectivity index (χ1) is 8.33. The van der Waals surface area contributed by atoms with Crippen LogP contribution in [0.1, 0.15) is 36.5 Å². The highest BCUT2D eigenvalue weighted by Crippen LogP contribution is 2.35. The average Bonchev–Trinajstić information content (AvgIpc) is 2.36. The third kappa shape index (κ3) is 2.99. The maximum Gasteiger partial charge on any atom is 0.122 e. The second-order valence-corrected chi connectivity index (χ2v) is 4.43. The van der Waals surface area contributed by atoms with Crippen LogP contribution in [0, 0.1) is 0 Å². The molecular formula is C14H20O3. The van der Waals surface area contributed by atoms with Crippen molar-refractivity contribution < 1.29 is 14.6 Å². The van der Waals surface area contributed by atoms with Crippen molar-refractivity contribution in [1.82, 2.24) is 0 Å². The first kappa shape index (κ1) is 12.4. The van der Waals surface area contributed by atoms with Crippen molar-refractivity contribution in [3.05, 3.63) is 29.3 Å². The molecule has 3 nitrogen and oxygen atoms in total. The summed E-state index contributed by atoms with van der Waals surface area (Å²) in [5.41, 5.74) is 2.23. The standard InChI is InChI=1S/C14H20O3/c1-16-9-4-10-17-14-8-3-5-11-12(14)6-2-7-13(11)15/h3,5,8,13,15H,2,4,6-7,9-10H2,1H3. The van der Waals surface area contributed by atoms with Crippen LogP contribution in [0.4, 0.5) is 0 Å².